The van der Waals surface area contributed by atoms with Gasteiger partial charge in [0.05, 0.1) is 6.10 Å². The van der Waals surface area contributed by atoms with Gasteiger partial charge in [0.15, 0.2) is 0 Å². The van der Waals surface area contributed by atoms with E-state index in [9.17, 15) is 18.7 Å². The third kappa shape index (κ3) is 4.39. The van der Waals surface area contributed by atoms with Crippen molar-refractivity contribution < 1.29 is 18.7 Å². The van der Waals surface area contributed by atoms with Gasteiger partial charge in [-0.2, -0.15) is 0 Å². The average molecular weight is 298 g/mol. The Balaban J connectivity index is 1.80. The quantitative estimate of drug-likeness (QED) is 0.746. The Morgan fingerprint density at radius 1 is 1.33 bits per heavy atom. The van der Waals surface area contributed by atoms with Gasteiger partial charge in [-0.3, -0.25) is 4.79 Å². The van der Waals surface area contributed by atoms with E-state index in [1.165, 1.54) is 0 Å². The maximum absolute atomic E-state index is 13.0. The van der Waals surface area contributed by atoms with E-state index in [0.717, 1.165) is 0 Å². The van der Waals surface area contributed by atoms with E-state index >= 15 is 0 Å². The summed E-state index contributed by atoms with van der Waals surface area (Å²) in [6.45, 7) is 0.0651. The third-order valence-corrected chi connectivity index (χ3v) is 3.88. The summed E-state index contributed by atoms with van der Waals surface area (Å²) in [5.41, 5.74) is 6.80. The molecule has 0 spiro atoms. The smallest absolute Gasteiger partial charge is 0.248 e. The predicted octanol–water partition coefficient (Wildman–Crippen LogP) is 2.24. The molecular weight excluding hydrogens is 278 g/mol. The SMILES string of the molecule is Nc1ccc(C(O)CNC(=O)C2CCC(F)(F)CC2)cc1. The standard InChI is InChI=1S/C15H20F2N2O2/c16-15(17)7-5-11(6-8-15)14(21)19-9-13(20)10-1-3-12(18)4-2-10/h1-4,11,13,20H,5-9,18H2,(H,19,21). The number of aliphatic hydroxyl groups is 1. The minimum Gasteiger partial charge on any atom is -0.399 e. The number of nitrogens with one attached hydrogen (secondary N) is 1. The van der Waals surface area contributed by atoms with Crippen LogP contribution in [0.2, 0.25) is 0 Å². The second-order valence-electron chi connectivity index (χ2n) is 5.56. The summed E-state index contributed by atoms with van der Waals surface area (Å²) in [5.74, 6) is -3.29. The summed E-state index contributed by atoms with van der Waals surface area (Å²) in [4.78, 5) is 11.9. The van der Waals surface area contributed by atoms with Crippen molar-refractivity contribution >= 4 is 11.6 Å². The lowest BCUT2D eigenvalue weighted by molar-refractivity contribution is -0.129. The number of nitrogen functional groups attached to an aromatic ring is 1. The molecule has 0 aliphatic heterocycles. The van der Waals surface area contributed by atoms with Gasteiger partial charge >= 0.3 is 0 Å². The number of nitrogens with two attached hydrogens (primary N) is 1. The predicted molar refractivity (Wildman–Crippen MR) is 75.7 cm³/mol. The lowest BCUT2D eigenvalue weighted by Gasteiger charge is -2.27. The summed E-state index contributed by atoms with van der Waals surface area (Å²) in [6, 6.07) is 6.72. The van der Waals surface area contributed by atoms with Crippen molar-refractivity contribution in [3.8, 4) is 0 Å². The number of carbonyl (C=O) groups excluding carboxylic acids is 1. The number of rotatable bonds is 4. The topological polar surface area (TPSA) is 75.3 Å². The number of halogens is 2. The minimum absolute atomic E-state index is 0.0651. The molecule has 1 unspecified atom stereocenters. The Bertz CT molecular complexity index is 481. The molecule has 1 fully saturated rings. The minimum atomic E-state index is -2.64. The number of alkyl halides is 2. The highest BCUT2D eigenvalue weighted by Crippen LogP contribution is 2.36. The zero-order valence-corrected chi connectivity index (χ0v) is 11.7. The summed E-state index contributed by atoms with van der Waals surface area (Å²) in [6.07, 6.45) is -0.940. The molecule has 0 saturated heterocycles. The van der Waals surface area contributed by atoms with Crippen molar-refractivity contribution in [1.82, 2.24) is 5.32 Å². The molecule has 1 saturated carbocycles. The highest BCUT2D eigenvalue weighted by atomic mass is 19.3. The first-order chi connectivity index (χ1) is 9.87. The van der Waals surface area contributed by atoms with E-state index in [0.29, 0.717) is 11.3 Å². The van der Waals surface area contributed by atoms with Crippen LogP contribution in [0.1, 0.15) is 37.4 Å². The molecule has 116 valence electrons. The molecule has 1 aromatic carbocycles. The molecular formula is C15H20F2N2O2. The second kappa shape index (κ2) is 6.39. The van der Waals surface area contributed by atoms with E-state index in [1.807, 2.05) is 0 Å². The van der Waals surface area contributed by atoms with Gasteiger partial charge in [0.2, 0.25) is 11.8 Å². The first kappa shape index (κ1) is 15.7. The molecule has 1 aliphatic rings. The molecule has 4 N–H and O–H groups in total. The van der Waals surface area contributed by atoms with Crippen molar-refractivity contribution in [1.29, 1.82) is 0 Å². The van der Waals surface area contributed by atoms with Crippen LogP contribution >= 0.6 is 0 Å². The fraction of sp³-hybridized carbons (Fsp3) is 0.533. The second-order valence-corrected chi connectivity index (χ2v) is 5.56. The van der Waals surface area contributed by atoms with Crippen molar-refractivity contribution in [2.24, 2.45) is 5.92 Å². The lowest BCUT2D eigenvalue weighted by atomic mass is 9.86. The molecule has 0 aromatic heterocycles. The molecule has 0 heterocycles. The Morgan fingerprint density at radius 3 is 2.48 bits per heavy atom. The molecule has 1 atom stereocenters. The monoisotopic (exact) mass is 298 g/mol. The fourth-order valence-corrected chi connectivity index (χ4v) is 2.48. The van der Waals surface area contributed by atoms with Gasteiger partial charge in [-0.15, -0.1) is 0 Å². The van der Waals surface area contributed by atoms with Gasteiger partial charge in [-0.05, 0) is 30.5 Å². The Kier molecular flexibility index (Phi) is 4.77. The maximum atomic E-state index is 13.0. The van der Waals surface area contributed by atoms with E-state index in [1.54, 1.807) is 24.3 Å². The highest BCUT2D eigenvalue weighted by molar-refractivity contribution is 5.78. The van der Waals surface area contributed by atoms with E-state index < -0.39 is 12.0 Å². The zero-order valence-electron chi connectivity index (χ0n) is 11.7. The van der Waals surface area contributed by atoms with Crippen molar-refractivity contribution in [3.63, 3.8) is 0 Å². The summed E-state index contributed by atoms with van der Waals surface area (Å²) >= 11 is 0. The highest BCUT2D eigenvalue weighted by Gasteiger charge is 2.37. The van der Waals surface area contributed by atoms with E-state index in [4.69, 9.17) is 5.73 Å². The molecule has 4 nitrogen and oxygen atoms in total. The maximum Gasteiger partial charge on any atom is 0.248 e. The van der Waals surface area contributed by atoms with Gasteiger partial charge in [-0.1, -0.05) is 12.1 Å². The van der Waals surface area contributed by atoms with Crippen LogP contribution < -0.4 is 11.1 Å². The molecule has 21 heavy (non-hydrogen) atoms. The molecule has 1 amide bonds. The summed E-state index contributed by atoms with van der Waals surface area (Å²) in [7, 11) is 0. The van der Waals surface area contributed by atoms with Crippen LogP contribution in [-0.2, 0) is 4.79 Å². The molecule has 1 aliphatic carbocycles. The number of aliphatic hydroxyl groups excluding tert-OH is 1. The Morgan fingerprint density at radius 2 is 1.90 bits per heavy atom. The molecule has 0 radical (unpaired) electrons. The summed E-state index contributed by atoms with van der Waals surface area (Å²) in [5, 5.41) is 12.6. The summed E-state index contributed by atoms with van der Waals surface area (Å²) < 4.78 is 26.1. The number of benzene rings is 1. The molecule has 1 aromatic rings. The normalized spacial score (nSPS) is 20.0. The first-order valence-electron chi connectivity index (χ1n) is 7.06. The fourth-order valence-electron chi connectivity index (χ4n) is 2.48. The molecule has 6 heteroatoms. The number of hydrogen-bond donors (Lipinski definition) is 3. The van der Waals surface area contributed by atoms with Crippen LogP contribution in [0.5, 0.6) is 0 Å². The van der Waals surface area contributed by atoms with Gasteiger partial charge in [0, 0.05) is 31.0 Å². The van der Waals surface area contributed by atoms with Crippen molar-refractivity contribution in [2.45, 2.75) is 37.7 Å². The van der Waals surface area contributed by atoms with Crippen LogP contribution in [0.4, 0.5) is 14.5 Å². The number of amides is 1. The van der Waals surface area contributed by atoms with Crippen LogP contribution in [0.15, 0.2) is 24.3 Å². The van der Waals surface area contributed by atoms with Gasteiger partial charge < -0.3 is 16.2 Å². The Hall–Kier alpha value is -1.69. The number of carbonyl (C=O) groups is 1. The zero-order chi connectivity index (χ0) is 15.5. The van der Waals surface area contributed by atoms with Crippen LogP contribution in [0.3, 0.4) is 0 Å². The lowest BCUT2D eigenvalue weighted by Crippen LogP contribution is -2.37. The van der Waals surface area contributed by atoms with Crippen LogP contribution in [0.25, 0.3) is 0 Å². The van der Waals surface area contributed by atoms with Crippen LogP contribution in [-0.4, -0.2) is 23.5 Å². The van der Waals surface area contributed by atoms with Gasteiger partial charge in [-0.25, -0.2) is 8.78 Å². The van der Waals surface area contributed by atoms with E-state index in [-0.39, 0.29) is 44.1 Å². The largest absolute Gasteiger partial charge is 0.399 e. The average Bonchev–Trinajstić information content (AvgIpc) is 2.45. The van der Waals surface area contributed by atoms with Gasteiger partial charge in [0.25, 0.3) is 0 Å². The van der Waals surface area contributed by atoms with Crippen LogP contribution in [0, 0.1) is 5.92 Å². The molecule has 0 bridgehead atoms. The molecule has 2 rings (SSSR count). The first-order valence-corrected chi connectivity index (χ1v) is 7.06. The van der Waals surface area contributed by atoms with Crippen molar-refractivity contribution in [3.05, 3.63) is 29.8 Å². The Labute approximate surface area is 122 Å². The van der Waals surface area contributed by atoms with E-state index in [2.05, 4.69) is 5.32 Å². The third-order valence-electron chi connectivity index (χ3n) is 3.88. The number of anilines is 1. The van der Waals surface area contributed by atoms with Crippen molar-refractivity contribution in [2.75, 3.05) is 12.3 Å². The number of hydrogen-bond acceptors (Lipinski definition) is 3. The van der Waals surface area contributed by atoms with Gasteiger partial charge in [0.1, 0.15) is 0 Å².